The zero-order valence-electron chi connectivity index (χ0n) is 14.9. The molecule has 3 aromatic rings. The van der Waals surface area contributed by atoms with Crippen LogP contribution in [0.4, 0.5) is 15.8 Å². The van der Waals surface area contributed by atoms with Crippen LogP contribution in [0.3, 0.4) is 0 Å². The SMILES string of the molecule is Cc1noc(CC(Cc2onc(C)c2[N+](=O)[O-])c2ccc(F)cc2)c1[N+](=O)[O-]. The van der Waals surface area contributed by atoms with E-state index in [1.165, 1.54) is 38.1 Å². The van der Waals surface area contributed by atoms with Gasteiger partial charge in [-0.1, -0.05) is 22.4 Å². The molecule has 0 radical (unpaired) electrons. The summed E-state index contributed by atoms with van der Waals surface area (Å²) in [6, 6.07) is 5.49. The number of rotatable bonds is 7. The highest BCUT2D eigenvalue weighted by Crippen LogP contribution is 2.34. The summed E-state index contributed by atoms with van der Waals surface area (Å²) in [6.07, 6.45) is 0.0272. The molecule has 0 atom stereocenters. The first-order valence-electron chi connectivity index (χ1n) is 8.22. The van der Waals surface area contributed by atoms with Crippen molar-refractivity contribution in [3.63, 3.8) is 0 Å². The van der Waals surface area contributed by atoms with E-state index in [-0.39, 0.29) is 47.1 Å². The topological polar surface area (TPSA) is 138 Å². The average molecular weight is 390 g/mol. The van der Waals surface area contributed by atoms with Crippen molar-refractivity contribution in [1.29, 1.82) is 0 Å². The van der Waals surface area contributed by atoms with E-state index in [2.05, 4.69) is 10.3 Å². The molecular weight excluding hydrogens is 375 g/mol. The normalized spacial score (nSPS) is 11.1. The molecular formula is C17H15FN4O6. The van der Waals surface area contributed by atoms with Crippen LogP contribution in [-0.2, 0) is 12.8 Å². The molecule has 11 heteroatoms. The van der Waals surface area contributed by atoms with Crippen LogP contribution in [0.5, 0.6) is 0 Å². The second-order valence-electron chi connectivity index (χ2n) is 6.25. The summed E-state index contributed by atoms with van der Waals surface area (Å²) in [5.74, 6) is -0.936. The Bertz CT molecular complexity index is 967. The van der Waals surface area contributed by atoms with E-state index < -0.39 is 21.6 Å². The maximum atomic E-state index is 13.3. The van der Waals surface area contributed by atoms with Crippen LogP contribution < -0.4 is 0 Å². The highest BCUT2D eigenvalue weighted by Gasteiger charge is 2.31. The van der Waals surface area contributed by atoms with E-state index in [0.29, 0.717) is 5.56 Å². The van der Waals surface area contributed by atoms with E-state index in [9.17, 15) is 24.6 Å². The van der Waals surface area contributed by atoms with Gasteiger partial charge in [0.25, 0.3) is 0 Å². The zero-order chi connectivity index (χ0) is 20.4. The number of halogens is 1. The van der Waals surface area contributed by atoms with Gasteiger partial charge in [-0.15, -0.1) is 0 Å². The van der Waals surface area contributed by atoms with Gasteiger partial charge in [-0.25, -0.2) is 4.39 Å². The lowest BCUT2D eigenvalue weighted by atomic mass is 9.89. The molecule has 0 bridgehead atoms. The first-order chi connectivity index (χ1) is 13.3. The van der Waals surface area contributed by atoms with Crippen LogP contribution in [0.2, 0.25) is 0 Å². The minimum atomic E-state index is -0.593. The Morgan fingerprint density at radius 2 is 1.36 bits per heavy atom. The molecule has 28 heavy (non-hydrogen) atoms. The number of hydrogen-bond acceptors (Lipinski definition) is 8. The molecule has 0 saturated heterocycles. The van der Waals surface area contributed by atoms with Crippen molar-refractivity contribution in [1.82, 2.24) is 10.3 Å². The predicted molar refractivity (Wildman–Crippen MR) is 92.3 cm³/mol. The highest BCUT2D eigenvalue weighted by molar-refractivity contribution is 5.41. The lowest BCUT2D eigenvalue weighted by Crippen LogP contribution is -2.09. The Morgan fingerprint density at radius 1 is 0.929 bits per heavy atom. The van der Waals surface area contributed by atoms with Crippen LogP contribution in [0.1, 0.15) is 34.4 Å². The summed E-state index contributed by atoms with van der Waals surface area (Å²) in [6.45, 7) is 2.89. The molecule has 1 aromatic carbocycles. The maximum Gasteiger partial charge on any atom is 0.334 e. The van der Waals surface area contributed by atoms with Gasteiger partial charge in [0.05, 0.1) is 9.85 Å². The zero-order valence-corrected chi connectivity index (χ0v) is 14.9. The standard InChI is InChI=1S/C17H15FN4O6/c1-9-16(21(23)24)14(27-19-9)7-12(11-3-5-13(18)6-4-11)8-15-17(22(25)26)10(2)20-28-15/h3-6,12H,7-8H2,1-2H3. The van der Waals surface area contributed by atoms with E-state index in [0.717, 1.165) is 0 Å². The smallest absolute Gasteiger partial charge is 0.334 e. The van der Waals surface area contributed by atoms with Gasteiger partial charge in [0.15, 0.2) is 11.4 Å². The number of nitrogens with zero attached hydrogens (tertiary/aromatic N) is 4. The molecule has 0 N–H and O–H groups in total. The molecule has 0 aliphatic carbocycles. The van der Waals surface area contributed by atoms with E-state index in [4.69, 9.17) is 9.05 Å². The summed E-state index contributed by atoms with van der Waals surface area (Å²) in [5.41, 5.74) is 0.345. The van der Waals surface area contributed by atoms with Crippen LogP contribution in [-0.4, -0.2) is 20.2 Å². The fraction of sp³-hybridized carbons (Fsp3) is 0.294. The maximum absolute atomic E-state index is 13.3. The fourth-order valence-electron chi connectivity index (χ4n) is 3.05. The van der Waals surface area contributed by atoms with Gasteiger partial charge < -0.3 is 9.05 Å². The summed E-state index contributed by atoms with van der Waals surface area (Å²) in [4.78, 5) is 21.4. The van der Waals surface area contributed by atoms with Crippen molar-refractivity contribution in [2.75, 3.05) is 0 Å². The predicted octanol–water partition coefficient (Wildman–Crippen LogP) is 3.80. The van der Waals surface area contributed by atoms with Gasteiger partial charge in [0.1, 0.15) is 5.82 Å². The van der Waals surface area contributed by atoms with Gasteiger partial charge in [-0.05, 0) is 37.5 Å². The Hall–Kier alpha value is -3.63. The summed E-state index contributed by atoms with van der Waals surface area (Å²) >= 11 is 0. The molecule has 0 aliphatic rings. The van der Waals surface area contributed by atoms with E-state index in [1.807, 2.05) is 0 Å². The minimum absolute atomic E-state index is 0.0136. The number of benzene rings is 1. The molecule has 0 unspecified atom stereocenters. The largest absolute Gasteiger partial charge is 0.354 e. The Balaban J connectivity index is 2.00. The van der Waals surface area contributed by atoms with Crippen LogP contribution in [0.15, 0.2) is 33.3 Å². The summed E-state index contributed by atoms with van der Waals surface area (Å²) < 4.78 is 23.5. The first-order valence-corrected chi connectivity index (χ1v) is 8.22. The molecule has 0 aliphatic heterocycles. The molecule has 3 rings (SSSR count). The van der Waals surface area contributed by atoms with Crippen molar-refractivity contribution in [3.05, 3.63) is 78.8 Å². The molecule has 0 fully saturated rings. The van der Waals surface area contributed by atoms with Gasteiger partial charge in [0, 0.05) is 12.8 Å². The van der Waals surface area contributed by atoms with E-state index >= 15 is 0 Å². The molecule has 2 heterocycles. The first kappa shape index (κ1) is 19.1. The van der Waals surface area contributed by atoms with Crippen molar-refractivity contribution >= 4 is 11.4 Å². The number of aromatic nitrogens is 2. The van der Waals surface area contributed by atoms with Gasteiger partial charge in [-0.2, -0.15) is 0 Å². The van der Waals surface area contributed by atoms with Gasteiger partial charge >= 0.3 is 11.4 Å². The van der Waals surface area contributed by atoms with Gasteiger partial charge in [-0.3, -0.25) is 20.2 Å². The monoisotopic (exact) mass is 390 g/mol. The third kappa shape index (κ3) is 3.72. The van der Waals surface area contributed by atoms with Crippen molar-refractivity contribution in [3.8, 4) is 0 Å². The molecule has 0 saturated carbocycles. The Labute approximate surface area is 157 Å². The van der Waals surface area contributed by atoms with E-state index in [1.54, 1.807) is 0 Å². The number of hydrogen-bond donors (Lipinski definition) is 0. The Morgan fingerprint density at radius 3 is 1.75 bits per heavy atom. The average Bonchev–Trinajstić information content (AvgIpc) is 3.17. The third-order valence-corrected chi connectivity index (χ3v) is 4.37. The lowest BCUT2D eigenvalue weighted by molar-refractivity contribution is -0.386. The Kier molecular flexibility index (Phi) is 5.16. The summed E-state index contributed by atoms with van der Waals surface area (Å²) in [5, 5.41) is 29.9. The molecule has 0 amide bonds. The molecule has 146 valence electrons. The molecule has 0 spiro atoms. The number of nitro groups is 2. The molecule has 2 aromatic heterocycles. The minimum Gasteiger partial charge on any atom is -0.354 e. The van der Waals surface area contributed by atoms with Gasteiger partial charge in [0.2, 0.25) is 11.5 Å². The highest BCUT2D eigenvalue weighted by atomic mass is 19.1. The van der Waals surface area contributed by atoms with Crippen LogP contribution in [0.25, 0.3) is 0 Å². The number of aryl methyl sites for hydroxylation is 2. The second kappa shape index (κ2) is 7.55. The van der Waals surface area contributed by atoms with Crippen molar-refractivity contribution < 1.29 is 23.3 Å². The van der Waals surface area contributed by atoms with Crippen LogP contribution in [0, 0.1) is 39.9 Å². The summed E-state index contributed by atoms with van der Waals surface area (Å²) in [7, 11) is 0. The molecule has 10 nitrogen and oxygen atoms in total. The third-order valence-electron chi connectivity index (χ3n) is 4.37. The quantitative estimate of drug-likeness (QED) is 0.438. The fourth-order valence-corrected chi connectivity index (χ4v) is 3.05. The lowest BCUT2D eigenvalue weighted by Gasteiger charge is -2.14. The second-order valence-corrected chi connectivity index (χ2v) is 6.25. The van der Waals surface area contributed by atoms with Crippen LogP contribution >= 0.6 is 0 Å². The van der Waals surface area contributed by atoms with Crippen molar-refractivity contribution in [2.45, 2.75) is 32.6 Å². The van der Waals surface area contributed by atoms with Crippen molar-refractivity contribution in [2.24, 2.45) is 0 Å².